The van der Waals surface area contributed by atoms with Crippen LogP contribution in [0, 0.1) is 0 Å². The molecule has 2 aliphatic rings. The van der Waals surface area contributed by atoms with Crippen LogP contribution in [0.15, 0.2) is 24.3 Å². The average Bonchev–Trinajstić information content (AvgIpc) is 2.53. The van der Waals surface area contributed by atoms with E-state index in [-0.39, 0.29) is 5.91 Å². The summed E-state index contributed by atoms with van der Waals surface area (Å²) in [5.74, 6) is 1.15. The van der Waals surface area contributed by atoms with Gasteiger partial charge in [-0.25, -0.2) is 0 Å². The van der Waals surface area contributed by atoms with Crippen LogP contribution in [0.2, 0.25) is 0 Å². The molecule has 1 aromatic carbocycles. The second-order valence-corrected chi connectivity index (χ2v) is 6.85. The lowest BCUT2D eigenvalue weighted by Crippen LogP contribution is -2.63. The van der Waals surface area contributed by atoms with Crippen molar-refractivity contribution >= 4 is 5.91 Å². The van der Waals surface area contributed by atoms with Crippen LogP contribution >= 0.6 is 0 Å². The molecule has 2 fully saturated rings. The maximum Gasteiger partial charge on any atom is 0.223 e. The quantitative estimate of drug-likeness (QED) is 0.837. The number of piperidine rings is 1. The van der Waals surface area contributed by atoms with Crippen LogP contribution in [-0.2, 0) is 11.2 Å². The molecule has 1 aromatic rings. The number of carbonyl (C=O) groups excluding carboxylic acids is 1. The minimum atomic E-state index is 0.275. The van der Waals surface area contributed by atoms with Gasteiger partial charge in [0.15, 0.2) is 0 Å². The van der Waals surface area contributed by atoms with Crippen LogP contribution in [0.1, 0.15) is 38.2 Å². The lowest BCUT2D eigenvalue weighted by Gasteiger charge is -2.49. The zero-order chi connectivity index (χ0) is 16.2. The summed E-state index contributed by atoms with van der Waals surface area (Å²) in [6, 6.07) is 9.22. The third kappa shape index (κ3) is 3.69. The highest BCUT2D eigenvalue weighted by atomic mass is 16.5. The fourth-order valence-corrected chi connectivity index (χ4v) is 3.84. The number of methoxy groups -OCH3 is 1. The topological polar surface area (TPSA) is 32.8 Å². The molecule has 4 nitrogen and oxygen atoms in total. The number of hydrogen-bond acceptors (Lipinski definition) is 3. The highest BCUT2D eigenvalue weighted by molar-refractivity contribution is 5.77. The molecule has 4 heteroatoms. The Hall–Kier alpha value is -1.55. The Labute approximate surface area is 139 Å². The summed E-state index contributed by atoms with van der Waals surface area (Å²) in [5, 5.41) is 0. The Bertz CT molecular complexity index is 540. The van der Waals surface area contributed by atoms with Gasteiger partial charge in [-0.15, -0.1) is 0 Å². The van der Waals surface area contributed by atoms with Crippen LogP contribution in [0.5, 0.6) is 5.75 Å². The van der Waals surface area contributed by atoms with E-state index in [0.29, 0.717) is 18.5 Å². The van der Waals surface area contributed by atoms with Gasteiger partial charge in [-0.3, -0.25) is 9.69 Å². The van der Waals surface area contributed by atoms with E-state index in [1.54, 1.807) is 7.11 Å². The first-order valence-corrected chi connectivity index (χ1v) is 8.84. The molecule has 3 rings (SSSR count). The summed E-state index contributed by atoms with van der Waals surface area (Å²) in [4.78, 5) is 17.0. The maximum absolute atomic E-state index is 12.4. The van der Waals surface area contributed by atoms with Crippen molar-refractivity contribution in [3.05, 3.63) is 29.8 Å². The van der Waals surface area contributed by atoms with Gasteiger partial charge in [-0.05, 0) is 44.4 Å². The van der Waals surface area contributed by atoms with E-state index >= 15 is 0 Å². The standard InChI is InChI=1S/C19H28N2O2/c1-15-7-5-6-12-21(15)17-13-20(14-17)19(22)11-10-16-8-3-4-9-18(16)23-2/h3-4,8-9,15,17H,5-7,10-14H2,1-2H3/t15-/m1/s1. The first kappa shape index (κ1) is 16.3. The number of likely N-dealkylation sites (tertiary alicyclic amines) is 2. The molecule has 2 saturated heterocycles. The molecule has 2 aliphatic heterocycles. The molecule has 0 unspecified atom stereocenters. The number of benzene rings is 1. The predicted octanol–water partition coefficient (Wildman–Crippen LogP) is 2.71. The van der Waals surface area contributed by atoms with E-state index in [9.17, 15) is 4.79 Å². The van der Waals surface area contributed by atoms with E-state index < -0.39 is 0 Å². The van der Waals surface area contributed by atoms with Gasteiger partial charge in [0.25, 0.3) is 0 Å². The van der Waals surface area contributed by atoms with Gasteiger partial charge >= 0.3 is 0 Å². The van der Waals surface area contributed by atoms with Crippen LogP contribution < -0.4 is 4.74 Å². The highest BCUT2D eigenvalue weighted by Gasteiger charge is 2.37. The summed E-state index contributed by atoms with van der Waals surface area (Å²) in [6.07, 6.45) is 5.29. The summed E-state index contributed by atoms with van der Waals surface area (Å²) in [6.45, 7) is 5.35. The number of carbonyl (C=O) groups is 1. The van der Waals surface area contributed by atoms with Gasteiger partial charge in [0.1, 0.15) is 5.75 Å². The number of ether oxygens (including phenoxy) is 1. The number of aryl methyl sites for hydroxylation is 1. The summed E-state index contributed by atoms with van der Waals surface area (Å²) in [5.41, 5.74) is 1.12. The second kappa shape index (κ2) is 7.35. The largest absolute Gasteiger partial charge is 0.496 e. The Kier molecular flexibility index (Phi) is 5.21. The van der Waals surface area contributed by atoms with Crippen molar-refractivity contribution in [1.82, 2.24) is 9.80 Å². The van der Waals surface area contributed by atoms with Crippen molar-refractivity contribution in [1.29, 1.82) is 0 Å². The van der Waals surface area contributed by atoms with E-state index in [4.69, 9.17) is 4.74 Å². The molecule has 1 atom stereocenters. The molecular weight excluding hydrogens is 288 g/mol. The van der Waals surface area contributed by atoms with Crippen molar-refractivity contribution in [3.8, 4) is 5.75 Å². The van der Waals surface area contributed by atoms with Crippen molar-refractivity contribution in [3.63, 3.8) is 0 Å². The van der Waals surface area contributed by atoms with Gasteiger partial charge in [-0.2, -0.15) is 0 Å². The van der Waals surface area contributed by atoms with Gasteiger partial charge in [0.2, 0.25) is 5.91 Å². The predicted molar refractivity (Wildman–Crippen MR) is 91.7 cm³/mol. The van der Waals surface area contributed by atoms with Crippen LogP contribution in [0.25, 0.3) is 0 Å². The zero-order valence-corrected chi connectivity index (χ0v) is 14.3. The number of amides is 1. The molecule has 2 heterocycles. The van der Waals surface area contributed by atoms with Crippen molar-refractivity contribution < 1.29 is 9.53 Å². The molecule has 0 radical (unpaired) electrons. The van der Waals surface area contributed by atoms with Crippen molar-refractivity contribution in [2.75, 3.05) is 26.7 Å². The first-order valence-electron chi connectivity index (χ1n) is 8.84. The molecule has 0 aliphatic carbocycles. The monoisotopic (exact) mass is 316 g/mol. The molecule has 0 bridgehead atoms. The zero-order valence-electron chi connectivity index (χ0n) is 14.3. The Morgan fingerprint density at radius 3 is 2.78 bits per heavy atom. The van der Waals surface area contributed by atoms with Crippen molar-refractivity contribution in [2.45, 2.75) is 51.1 Å². The van der Waals surface area contributed by atoms with Gasteiger partial charge in [-0.1, -0.05) is 24.6 Å². The summed E-state index contributed by atoms with van der Waals surface area (Å²) >= 11 is 0. The summed E-state index contributed by atoms with van der Waals surface area (Å²) in [7, 11) is 1.68. The lowest BCUT2D eigenvalue weighted by atomic mass is 9.97. The fraction of sp³-hybridized carbons (Fsp3) is 0.632. The van der Waals surface area contributed by atoms with E-state index in [1.807, 2.05) is 29.2 Å². The first-order chi connectivity index (χ1) is 11.2. The molecule has 0 spiro atoms. The van der Waals surface area contributed by atoms with Crippen molar-refractivity contribution in [2.24, 2.45) is 0 Å². The molecule has 23 heavy (non-hydrogen) atoms. The average molecular weight is 316 g/mol. The van der Waals surface area contributed by atoms with Gasteiger partial charge in [0.05, 0.1) is 7.11 Å². The molecule has 0 N–H and O–H groups in total. The van der Waals surface area contributed by atoms with Crippen LogP contribution in [0.3, 0.4) is 0 Å². The molecular formula is C19H28N2O2. The normalized spacial score (nSPS) is 22.7. The second-order valence-electron chi connectivity index (χ2n) is 6.85. The minimum absolute atomic E-state index is 0.275. The van der Waals surface area contributed by atoms with E-state index in [1.165, 1.54) is 25.8 Å². The van der Waals surface area contributed by atoms with Crippen LogP contribution in [0.4, 0.5) is 0 Å². The van der Waals surface area contributed by atoms with E-state index in [2.05, 4.69) is 11.8 Å². The van der Waals surface area contributed by atoms with E-state index in [0.717, 1.165) is 30.8 Å². The number of hydrogen-bond donors (Lipinski definition) is 0. The third-order valence-corrected chi connectivity index (χ3v) is 5.34. The third-order valence-electron chi connectivity index (χ3n) is 5.34. The molecule has 126 valence electrons. The van der Waals surface area contributed by atoms with Crippen LogP contribution in [-0.4, -0.2) is 54.5 Å². The molecule has 1 amide bonds. The maximum atomic E-state index is 12.4. The minimum Gasteiger partial charge on any atom is -0.496 e. The van der Waals surface area contributed by atoms with Gasteiger partial charge < -0.3 is 9.64 Å². The van der Waals surface area contributed by atoms with Gasteiger partial charge in [0, 0.05) is 31.6 Å². The smallest absolute Gasteiger partial charge is 0.223 e. The molecule has 0 saturated carbocycles. The Balaban J connectivity index is 1.45. The Morgan fingerprint density at radius 2 is 2.04 bits per heavy atom. The fourth-order valence-electron chi connectivity index (χ4n) is 3.84. The number of nitrogens with zero attached hydrogens (tertiary/aromatic N) is 2. The SMILES string of the molecule is COc1ccccc1CCC(=O)N1CC(N2CCCC[C@H]2C)C1. The Morgan fingerprint density at radius 1 is 1.26 bits per heavy atom. The number of rotatable bonds is 5. The summed E-state index contributed by atoms with van der Waals surface area (Å²) < 4.78 is 5.36. The number of para-hydroxylation sites is 1. The lowest BCUT2D eigenvalue weighted by molar-refractivity contribution is -0.139. The highest BCUT2D eigenvalue weighted by Crippen LogP contribution is 2.25. The molecule has 0 aromatic heterocycles.